The highest BCUT2D eigenvalue weighted by Gasteiger charge is 2.18. The fourth-order valence-electron chi connectivity index (χ4n) is 1.72. The summed E-state index contributed by atoms with van der Waals surface area (Å²) in [5.41, 5.74) is 0. The molecule has 94 valence electrons. The molecule has 0 aromatic carbocycles. The zero-order chi connectivity index (χ0) is 11.6. The van der Waals surface area contributed by atoms with Crippen LogP contribution in [0.15, 0.2) is 0 Å². The summed E-state index contributed by atoms with van der Waals surface area (Å²) in [6.45, 7) is 6.95. The van der Waals surface area contributed by atoms with E-state index >= 15 is 0 Å². The molecule has 0 fully saturated rings. The molecule has 15 heavy (non-hydrogen) atoms. The Bertz CT molecular complexity index is 128. The maximum Gasteiger partial charge on any atom is -0.0144 e. The van der Waals surface area contributed by atoms with Gasteiger partial charge in [0.1, 0.15) is 0 Å². The van der Waals surface area contributed by atoms with Gasteiger partial charge in [-0.3, -0.25) is 0 Å². The van der Waals surface area contributed by atoms with E-state index in [1.807, 2.05) is 0 Å². The molecule has 0 saturated heterocycles. The monoisotopic (exact) mass is 344 g/mol. The molecule has 0 bridgehead atoms. The Morgan fingerprint density at radius 3 is 1.47 bits per heavy atom. The standard InChI is InChI=1S/C13H29IS/c1-4-7-10-13-15(14,11-8-5-2)12-9-6-3/h4-13H2,1-3H3. The zero-order valence-electron chi connectivity index (χ0n) is 10.9. The largest absolute Gasteiger partial charge is 0.187 e. The summed E-state index contributed by atoms with van der Waals surface area (Å²) in [5.74, 6) is 4.57. The van der Waals surface area contributed by atoms with Crippen LogP contribution in [0.4, 0.5) is 0 Å². The molecule has 0 radical (unpaired) electrons. The normalized spacial score (nSPS) is 13.1. The van der Waals surface area contributed by atoms with Gasteiger partial charge in [0.25, 0.3) is 0 Å². The second kappa shape index (κ2) is 10.2. The molecule has 0 heterocycles. The first kappa shape index (κ1) is 16.1. The molecule has 0 aliphatic rings. The van der Waals surface area contributed by atoms with Crippen LogP contribution in [0.1, 0.15) is 65.7 Å². The van der Waals surface area contributed by atoms with E-state index in [4.69, 9.17) is 0 Å². The highest BCUT2D eigenvalue weighted by Crippen LogP contribution is 2.58. The molecule has 0 unspecified atom stereocenters. The average molecular weight is 344 g/mol. The third kappa shape index (κ3) is 8.84. The van der Waals surface area contributed by atoms with E-state index in [2.05, 4.69) is 42.0 Å². The summed E-state index contributed by atoms with van der Waals surface area (Å²) in [6, 6.07) is 0. The topological polar surface area (TPSA) is 0 Å². The van der Waals surface area contributed by atoms with Gasteiger partial charge in [0.15, 0.2) is 0 Å². The lowest BCUT2D eigenvalue weighted by Gasteiger charge is -2.34. The van der Waals surface area contributed by atoms with Gasteiger partial charge in [-0.05, 0) is 57.7 Å². The van der Waals surface area contributed by atoms with Crippen LogP contribution >= 0.6 is 28.4 Å². The summed E-state index contributed by atoms with van der Waals surface area (Å²) < 4.78 is 0. The van der Waals surface area contributed by atoms with Gasteiger partial charge in [0.2, 0.25) is 0 Å². The minimum atomic E-state index is -0.266. The van der Waals surface area contributed by atoms with Crippen molar-refractivity contribution in [1.29, 1.82) is 0 Å². The summed E-state index contributed by atoms with van der Waals surface area (Å²) in [7, 11) is -0.266. The molecular formula is C13H29IS. The van der Waals surface area contributed by atoms with Gasteiger partial charge in [-0.15, -0.1) is 0 Å². The van der Waals surface area contributed by atoms with Crippen LogP contribution in [0.25, 0.3) is 0 Å². The number of rotatable bonds is 10. The van der Waals surface area contributed by atoms with Crippen molar-refractivity contribution >= 4 is 28.4 Å². The smallest absolute Gasteiger partial charge is 0.0144 e. The van der Waals surface area contributed by atoms with Gasteiger partial charge >= 0.3 is 0 Å². The predicted molar refractivity (Wildman–Crippen MR) is 85.6 cm³/mol. The number of unbranched alkanes of at least 4 members (excludes halogenated alkanes) is 4. The van der Waals surface area contributed by atoms with E-state index in [9.17, 15) is 0 Å². The lowest BCUT2D eigenvalue weighted by molar-refractivity contribution is 0.773. The van der Waals surface area contributed by atoms with Crippen molar-refractivity contribution in [3.8, 4) is 0 Å². The van der Waals surface area contributed by atoms with Crippen molar-refractivity contribution in [3.63, 3.8) is 0 Å². The molecule has 2 heteroatoms. The summed E-state index contributed by atoms with van der Waals surface area (Å²) in [6.07, 6.45) is 9.93. The van der Waals surface area contributed by atoms with Crippen molar-refractivity contribution in [2.24, 2.45) is 0 Å². The zero-order valence-corrected chi connectivity index (χ0v) is 13.8. The van der Waals surface area contributed by atoms with E-state index in [1.54, 1.807) is 0 Å². The Kier molecular flexibility index (Phi) is 11.0. The van der Waals surface area contributed by atoms with E-state index in [0.717, 1.165) is 0 Å². The molecular weight excluding hydrogens is 315 g/mol. The highest BCUT2D eigenvalue weighted by atomic mass is 127. The van der Waals surface area contributed by atoms with Crippen LogP contribution in [-0.2, 0) is 0 Å². The first-order valence-corrected chi connectivity index (χ1v) is 11.3. The Balaban J connectivity index is 3.89. The minimum absolute atomic E-state index is 0.266. The van der Waals surface area contributed by atoms with Crippen molar-refractivity contribution in [2.45, 2.75) is 65.7 Å². The minimum Gasteiger partial charge on any atom is -0.187 e. The Morgan fingerprint density at radius 1 is 0.667 bits per heavy atom. The van der Waals surface area contributed by atoms with Gasteiger partial charge in [0, 0.05) is 0 Å². The Hall–Kier alpha value is 1.08. The van der Waals surface area contributed by atoms with E-state index < -0.39 is 0 Å². The van der Waals surface area contributed by atoms with Gasteiger partial charge in [-0.2, -0.15) is 7.20 Å². The van der Waals surface area contributed by atoms with E-state index in [1.165, 1.54) is 62.2 Å². The van der Waals surface area contributed by atoms with Crippen LogP contribution in [0.2, 0.25) is 0 Å². The third-order valence-electron chi connectivity index (χ3n) is 2.84. The van der Waals surface area contributed by atoms with Crippen LogP contribution in [-0.4, -0.2) is 17.3 Å². The van der Waals surface area contributed by atoms with Gasteiger partial charge in [-0.25, -0.2) is 0 Å². The van der Waals surface area contributed by atoms with Gasteiger partial charge in [0.05, 0.1) is 0 Å². The molecule has 0 aliphatic carbocycles. The second-order valence-corrected chi connectivity index (χ2v) is 13.2. The molecule has 0 nitrogen and oxygen atoms in total. The van der Waals surface area contributed by atoms with Crippen LogP contribution in [0.5, 0.6) is 0 Å². The summed E-state index contributed by atoms with van der Waals surface area (Å²) in [5, 5.41) is 0. The van der Waals surface area contributed by atoms with Gasteiger partial charge < -0.3 is 0 Å². The quantitative estimate of drug-likeness (QED) is 0.340. The van der Waals surface area contributed by atoms with E-state index in [-0.39, 0.29) is 7.20 Å². The molecule has 0 aromatic heterocycles. The number of hydrogen-bond acceptors (Lipinski definition) is 0. The lowest BCUT2D eigenvalue weighted by Crippen LogP contribution is -2.07. The summed E-state index contributed by atoms with van der Waals surface area (Å²) in [4.78, 5) is 0. The average Bonchev–Trinajstić information content (AvgIpc) is 2.24. The molecule has 0 spiro atoms. The highest BCUT2D eigenvalue weighted by molar-refractivity contribution is 14.2. The molecule has 0 rings (SSSR count). The SMILES string of the molecule is CCCCCS(I)(CCCC)CCCC. The maximum absolute atomic E-state index is 2.84. The fourth-order valence-corrected chi connectivity index (χ4v) is 7.47. The maximum atomic E-state index is 2.84. The molecule has 0 aliphatic heterocycles. The van der Waals surface area contributed by atoms with Crippen LogP contribution in [0.3, 0.4) is 0 Å². The molecule has 0 aromatic rings. The number of hydrogen-bond donors (Lipinski definition) is 0. The third-order valence-corrected chi connectivity index (χ3v) is 9.87. The Morgan fingerprint density at radius 2 is 1.07 bits per heavy atom. The molecule has 0 saturated carbocycles. The predicted octanol–water partition coefficient (Wildman–Crippen LogP) is 5.93. The molecule has 0 amide bonds. The Labute approximate surface area is 111 Å². The van der Waals surface area contributed by atoms with Crippen LogP contribution < -0.4 is 0 Å². The first-order valence-electron chi connectivity index (χ1n) is 6.64. The first-order chi connectivity index (χ1) is 7.18. The summed E-state index contributed by atoms with van der Waals surface area (Å²) >= 11 is 2.84. The van der Waals surface area contributed by atoms with Crippen molar-refractivity contribution in [3.05, 3.63) is 0 Å². The van der Waals surface area contributed by atoms with E-state index in [0.29, 0.717) is 0 Å². The fraction of sp³-hybridized carbons (Fsp3) is 1.00. The number of halogens is 1. The van der Waals surface area contributed by atoms with Crippen molar-refractivity contribution < 1.29 is 0 Å². The van der Waals surface area contributed by atoms with Gasteiger partial charge in [-0.1, -0.05) is 46.5 Å². The molecule has 0 atom stereocenters. The second-order valence-electron chi connectivity index (χ2n) is 4.47. The van der Waals surface area contributed by atoms with Crippen LogP contribution in [0, 0.1) is 0 Å². The molecule has 0 N–H and O–H groups in total. The van der Waals surface area contributed by atoms with Crippen molar-refractivity contribution in [2.75, 3.05) is 17.3 Å². The lowest BCUT2D eigenvalue weighted by atomic mass is 10.3. The van der Waals surface area contributed by atoms with Crippen molar-refractivity contribution in [1.82, 2.24) is 0 Å².